The van der Waals surface area contributed by atoms with Crippen molar-refractivity contribution in [3.8, 4) is 23.1 Å². The minimum atomic E-state index is -4.76. The zero-order chi connectivity index (χ0) is 25.0. The molecule has 3 aromatic rings. The molecule has 2 aromatic carbocycles. The van der Waals surface area contributed by atoms with Gasteiger partial charge in [0.2, 0.25) is 12.7 Å². The van der Waals surface area contributed by atoms with E-state index < -0.39 is 24.4 Å². The maximum absolute atomic E-state index is 14.1. The lowest BCUT2D eigenvalue weighted by Crippen LogP contribution is -2.17. The van der Waals surface area contributed by atoms with Gasteiger partial charge in [-0.3, -0.25) is 0 Å². The van der Waals surface area contributed by atoms with Gasteiger partial charge in [-0.1, -0.05) is 18.2 Å². The maximum atomic E-state index is 14.1. The molecule has 0 N–H and O–H groups in total. The molecule has 0 amide bonds. The summed E-state index contributed by atoms with van der Waals surface area (Å²) >= 11 is 0. The average molecular weight is 492 g/mol. The summed E-state index contributed by atoms with van der Waals surface area (Å²) < 4.78 is 69.5. The SMILES string of the molecule is CCOC(=O)COc1c(Cc2ccc3c(c2)OCO3)c(C(F)(F)F)nn1Cc1cccc(OC)c1. The molecule has 2 heterocycles. The number of carbonyl (C=O) groups is 1. The van der Waals surface area contributed by atoms with Crippen LogP contribution in [0.15, 0.2) is 42.5 Å². The summed E-state index contributed by atoms with van der Waals surface area (Å²) in [6, 6.07) is 11.7. The zero-order valence-corrected chi connectivity index (χ0v) is 19.1. The lowest BCUT2D eigenvalue weighted by Gasteiger charge is -2.12. The summed E-state index contributed by atoms with van der Waals surface area (Å²) in [5, 5.41) is 3.84. The first-order chi connectivity index (χ1) is 16.8. The number of alkyl halides is 3. The number of esters is 1. The van der Waals surface area contributed by atoms with Crippen molar-refractivity contribution in [1.82, 2.24) is 9.78 Å². The lowest BCUT2D eigenvalue weighted by atomic mass is 10.0. The van der Waals surface area contributed by atoms with Gasteiger partial charge in [0.25, 0.3) is 0 Å². The second-order valence-electron chi connectivity index (χ2n) is 7.60. The molecule has 11 heteroatoms. The first kappa shape index (κ1) is 24.2. The quantitative estimate of drug-likeness (QED) is 0.414. The van der Waals surface area contributed by atoms with E-state index in [9.17, 15) is 18.0 Å². The standard InChI is InChI=1S/C24H23F3N2O6/c1-3-32-21(30)13-33-23-18(10-15-7-8-19-20(11-15)35-14-34-19)22(24(25,26)27)28-29(23)12-16-5-4-6-17(9-16)31-2/h4-9,11H,3,10,12-14H2,1-2H3. The molecule has 0 unspecified atom stereocenters. The smallest absolute Gasteiger partial charge is 0.435 e. The number of rotatable bonds is 9. The largest absolute Gasteiger partial charge is 0.497 e. The highest BCUT2D eigenvalue weighted by Gasteiger charge is 2.40. The predicted octanol–water partition coefficient (Wildman–Crippen LogP) is 4.22. The van der Waals surface area contributed by atoms with Crippen LogP contribution in [-0.4, -0.2) is 42.9 Å². The fraction of sp³-hybridized carbons (Fsp3) is 0.333. The lowest BCUT2D eigenvalue weighted by molar-refractivity contribution is -0.145. The Balaban J connectivity index is 1.75. The Morgan fingerprint density at radius 1 is 1.11 bits per heavy atom. The van der Waals surface area contributed by atoms with Crippen LogP contribution in [0, 0.1) is 0 Å². The van der Waals surface area contributed by atoms with Crippen molar-refractivity contribution in [2.24, 2.45) is 0 Å². The van der Waals surface area contributed by atoms with Gasteiger partial charge in [-0.25, -0.2) is 9.48 Å². The molecule has 186 valence electrons. The average Bonchev–Trinajstić information content (AvgIpc) is 3.42. The van der Waals surface area contributed by atoms with Crippen molar-refractivity contribution in [1.29, 1.82) is 0 Å². The van der Waals surface area contributed by atoms with E-state index in [1.54, 1.807) is 49.4 Å². The van der Waals surface area contributed by atoms with Crippen molar-refractivity contribution in [2.75, 3.05) is 27.1 Å². The molecule has 0 spiro atoms. The Labute approximate surface area is 199 Å². The summed E-state index contributed by atoms with van der Waals surface area (Å²) in [7, 11) is 1.49. The number of hydrogen-bond acceptors (Lipinski definition) is 7. The van der Waals surface area contributed by atoms with Gasteiger partial charge in [0.1, 0.15) is 5.75 Å². The first-order valence-corrected chi connectivity index (χ1v) is 10.7. The molecule has 0 radical (unpaired) electrons. The van der Waals surface area contributed by atoms with Crippen LogP contribution in [0.5, 0.6) is 23.1 Å². The second-order valence-corrected chi connectivity index (χ2v) is 7.60. The van der Waals surface area contributed by atoms with Gasteiger partial charge in [-0.15, -0.1) is 0 Å². The van der Waals surface area contributed by atoms with Gasteiger partial charge >= 0.3 is 12.1 Å². The molecule has 0 saturated carbocycles. The molecule has 0 atom stereocenters. The van der Waals surface area contributed by atoms with Crippen LogP contribution in [0.25, 0.3) is 0 Å². The number of aromatic nitrogens is 2. The number of halogens is 3. The van der Waals surface area contributed by atoms with Crippen LogP contribution in [0.4, 0.5) is 13.2 Å². The molecule has 0 aliphatic carbocycles. The van der Waals surface area contributed by atoms with Crippen LogP contribution in [0.2, 0.25) is 0 Å². The topological polar surface area (TPSA) is 81.0 Å². The summed E-state index contributed by atoms with van der Waals surface area (Å²) in [5.74, 6) is 0.612. The Hall–Kier alpha value is -3.89. The molecule has 35 heavy (non-hydrogen) atoms. The van der Waals surface area contributed by atoms with Crippen LogP contribution in [0.1, 0.15) is 29.3 Å². The highest BCUT2D eigenvalue weighted by molar-refractivity contribution is 5.71. The molecular weight excluding hydrogens is 469 g/mol. The Bertz CT molecular complexity index is 1210. The third kappa shape index (κ3) is 5.61. The van der Waals surface area contributed by atoms with E-state index in [2.05, 4.69) is 5.10 Å². The van der Waals surface area contributed by atoms with Crippen molar-refractivity contribution in [3.05, 3.63) is 64.8 Å². The molecule has 0 saturated heterocycles. The molecule has 1 aromatic heterocycles. The predicted molar refractivity (Wildman–Crippen MR) is 117 cm³/mol. The normalized spacial score (nSPS) is 12.5. The van der Waals surface area contributed by atoms with Crippen LogP contribution < -0.4 is 18.9 Å². The Morgan fingerprint density at radius 3 is 2.66 bits per heavy atom. The van der Waals surface area contributed by atoms with E-state index in [1.165, 1.54) is 7.11 Å². The Kier molecular flexibility index (Phi) is 7.04. The number of carbonyl (C=O) groups excluding carboxylic acids is 1. The molecule has 1 aliphatic rings. The molecule has 0 bridgehead atoms. The van der Waals surface area contributed by atoms with Gasteiger partial charge in [-0.05, 0) is 42.3 Å². The highest BCUT2D eigenvalue weighted by atomic mass is 19.4. The minimum Gasteiger partial charge on any atom is -0.497 e. The van der Waals surface area contributed by atoms with Crippen molar-refractivity contribution in [2.45, 2.75) is 26.1 Å². The summed E-state index contributed by atoms with van der Waals surface area (Å²) in [6.07, 6.45) is -4.92. The van der Waals surface area contributed by atoms with Crippen molar-refractivity contribution < 1.29 is 41.7 Å². The summed E-state index contributed by atoms with van der Waals surface area (Å²) in [5.41, 5.74) is -0.140. The molecular formula is C24H23F3N2O6. The van der Waals surface area contributed by atoms with Crippen LogP contribution in [-0.2, 0) is 28.7 Å². The molecule has 1 aliphatic heterocycles. The number of ether oxygens (including phenoxy) is 5. The summed E-state index contributed by atoms with van der Waals surface area (Å²) in [6.45, 7) is 1.17. The highest BCUT2D eigenvalue weighted by Crippen LogP contribution is 2.39. The van der Waals surface area contributed by atoms with Crippen LogP contribution >= 0.6 is 0 Å². The Morgan fingerprint density at radius 2 is 1.91 bits per heavy atom. The van der Waals surface area contributed by atoms with Gasteiger partial charge in [-0.2, -0.15) is 18.3 Å². The third-order valence-electron chi connectivity index (χ3n) is 5.18. The van der Waals surface area contributed by atoms with Gasteiger partial charge in [0.15, 0.2) is 23.8 Å². The monoisotopic (exact) mass is 492 g/mol. The van der Waals surface area contributed by atoms with Gasteiger partial charge < -0.3 is 23.7 Å². The van der Waals surface area contributed by atoms with Gasteiger partial charge in [0, 0.05) is 6.42 Å². The van der Waals surface area contributed by atoms with E-state index in [4.69, 9.17) is 23.7 Å². The molecule has 4 rings (SSSR count). The zero-order valence-electron chi connectivity index (χ0n) is 19.1. The molecule has 8 nitrogen and oxygen atoms in total. The first-order valence-electron chi connectivity index (χ1n) is 10.7. The van der Waals surface area contributed by atoms with Crippen molar-refractivity contribution >= 4 is 5.97 Å². The number of nitrogens with zero attached hydrogens (tertiary/aromatic N) is 2. The number of hydrogen-bond donors (Lipinski definition) is 0. The van der Waals surface area contributed by atoms with E-state index in [1.807, 2.05) is 0 Å². The number of benzene rings is 2. The van der Waals surface area contributed by atoms with Gasteiger partial charge in [0.05, 0.1) is 25.8 Å². The van der Waals surface area contributed by atoms with Crippen molar-refractivity contribution in [3.63, 3.8) is 0 Å². The number of methoxy groups -OCH3 is 1. The van der Waals surface area contributed by atoms with E-state index in [0.717, 1.165) is 4.68 Å². The van der Waals surface area contributed by atoms with E-state index in [-0.39, 0.29) is 37.8 Å². The maximum Gasteiger partial charge on any atom is 0.435 e. The fourth-order valence-corrected chi connectivity index (χ4v) is 3.67. The van der Waals surface area contributed by atoms with E-state index >= 15 is 0 Å². The number of fused-ring (bicyclic) bond motifs is 1. The second kappa shape index (κ2) is 10.2. The minimum absolute atomic E-state index is 0.0406. The fourth-order valence-electron chi connectivity index (χ4n) is 3.67. The summed E-state index contributed by atoms with van der Waals surface area (Å²) in [4.78, 5) is 11.9. The van der Waals surface area contributed by atoms with Crippen LogP contribution in [0.3, 0.4) is 0 Å². The van der Waals surface area contributed by atoms with E-state index in [0.29, 0.717) is 28.4 Å². The third-order valence-corrected chi connectivity index (χ3v) is 5.18. The molecule has 0 fully saturated rings.